The summed E-state index contributed by atoms with van der Waals surface area (Å²) in [6.07, 6.45) is 0. The molecule has 100 valence electrons. The molecule has 0 atom stereocenters. The van der Waals surface area contributed by atoms with Crippen LogP contribution < -0.4 is 4.74 Å². The molecule has 0 bridgehead atoms. The Morgan fingerprint density at radius 3 is 2.47 bits per heavy atom. The van der Waals surface area contributed by atoms with Gasteiger partial charge in [0.15, 0.2) is 0 Å². The van der Waals surface area contributed by atoms with Crippen molar-refractivity contribution in [2.24, 2.45) is 0 Å². The highest BCUT2D eigenvalue weighted by molar-refractivity contribution is 6.31. The monoisotopic (exact) mass is 279 g/mol. The summed E-state index contributed by atoms with van der Waals surface area (Å²) >= 11 is 6.09. The van der Waals surface area contributed by atoms with Gasteiger partial charge in [0.05, 0.1) is 12.1 Å². The zero-order valence-corrected chi connectivity index (χ0v) is 11.7. The zero-order valence-electron chi connectivity index (χ0n) is 10.9. The van der Waals surface area contributed by atoms with Crippen LogP contribution in [-0.4, -0.2) is 22.8 Å². The van der Waals surface area contributed by atoms with E-state index in [1.54, 1.807) is 12.1 Å². The first-order valence-corrected chi connectivity index (χ1v) is 6.09. The van der Waals surface area contributed by atoms with Gasteiger partial charge in [0.25, 0.3) is 0 Å². The Kier molecular flexibility index (Phi) is 3.53. The van der Waals surface area contributed by atoms with Crippen LogP contribution in [-0.2, 0) is 0 Å². The van der Waals surface area contributed by atoms with Crippen LogP contribution in [0.15, 0.2) is 24.3 Å². The minimum Gasteiger partial charge on any atom is -0.496 e. The van der Waals surface area contributed by atoms with Crippen molar-refractivity contribution in [2.45, 2.75) is 13.8 Å². The summed E-state index contributed by atoms with van der Waals surface area (Å²) in [5.41, 5.74) is 2.85. The van der Waals surface area contributed by atoms with E-state index in [0.717, 1.165) is 17.1 Å². The van der Waals surface area contributed by atoms with E-state index in [1.165, 1.54) is 13.2 Å². The van der Waals surface area contributed by atoms with Crippen molar-refractivity contribution in [1.29, 1.82) is 0 Å². The van der Waals surface area contributed by atoms with Gasteiger partial charge in [-0.3, -0.25) is 0 Å². The zero-order chi connectivity index (χ0) is 14.2. The molecule has 0 amide bonds. The van der Waals surface area contributed by atoms with Crippen molar-refractivity contribution < 1.29 is 14.6 Å². The summed E-state index contributed by atoms with van der Waals surface area (Å²) in [5, 5.41) is 9.74. The predicted octanol–water partition coefficient (Wildman–Crippen LogP) is 3.45. The molecule has 0 radical (unpaired) electrons. The largest absolute Gasteiger partial charge is 0.496 e. The van der Waals surface area contributed by atoms with Crippen molar-refractivity contribution in [3.05, 3.63) is 46.2 Å². The lowest BCUT2D eigenvalue weighted by atomic mass is 10.1. The molecule has 0 aliphatic rings. The molecule has 2 rings (SSSR count). The number of ether oxygens (including phenoxy) is 1. The van der Waals surface area contributed by atoms with E-state index in [-0.39, 0.29) is 5.56 Å². The molecule has 0 fully saturated rings. The average Bonchev–Trinajstić information content (AvgIpc) is 2.62. The molecule has 1 aromatic carbocycles. The summed E-state index contributed by atoms with van der Waals surface area (Å²) in [4.78, 5) is 11.1. The maximum Gasteiger partial charge on any atom is 0.339 e. The molecule has 0 saturated carbocycles. The second kappa shape index (κ2) is 4.97. The number of rotatable bonds is 3. The number of hydrogen-bond acceptors (Lipinski definition) is 2. The van der Waals surface area contributed by atoms with Crippen LogP contribution in [0.5, 0.6) is 5.75 Å². The summed E-state index contributed by atoms with van der Waals surface area (Å²) in [6, 6.07) is 6.83. The molecule has 1 aromatic heterocycles. The molecule has 0 aliphatic heterocycles. The number of aryl methyl sites for hydroxylation is 1. The molecular weight excluding hydrogens is 266 g/mol. The molecule has 0 spiro atoms. The summed E-state index contributed by atoms with van der Waals surface area (Å²) in [5.74, 6) is -0.684. The van der Waals surface area contributed by atoms with Gasteiger partial charge in [-0.1, -0.05) is 11.6 Å². The minimum atomic E-state index is -1.01. The highest BCUT2D eigenvalue weighted by Gasteiger charge is 2.14. The summed E-state index contributed by atoms with van der Waals surface area (Å²) < 4.78 is 7.08. The first kappa shape index (κ1) is 13.5. The fraction of sp³-hybridized carbons (Fsp3) is 0.214. The van der Waals surface area contributed by atoms with Gasteiger partial charge in [0, 0.05) is 23.1 Å². The Morgan fingerprint density at radius 1 is 1.32 bits per heavy atom. The molecule has 4 nitrogen and oxygen atoms in total. The van der Waals surface area contributed by atoms with E-state index in [1.807, 2.05) is 24.5 Å². The topological polar surface area (TPSA) is 51.5 Å². The maximum atomic E-state index is 11.1. The first-order chi connectivity index (χ1) is 8.95. The Balaban J connectivity index is 2.61. The minimum absolute atomic E-state index is 0.139. The average molecular weight is 280 g/mol. The van der Waals surface area contributed by atoms with E-state index >= 15 is 0 Å². The molecule has 5 heteroatoms. The van der Waals surface area contributed by atoms with Crippen LogP contribution in [0.4, 0.5) is 0 Å². The van der Waals surface area contributed by atoms with E-state index in [0.29, 0.717) is 10.8 Å². The number of halogens is 1. The number of hydrogen-bond donors (Lipinski definition) is 1. The highest BCUT2D eigenvalue weighted by Crippen LogP contribution is 2.28. The fourth-order valence-electron chi connectivity index (χ4n) is 2.12. The smallest absolute Gasteiger partial charge is 0.339 e. The fourth-order valence-corrected chi connectivity index (χ4v) is 2.36. The van der Waals surface area contributed by atoms with Crippen molar-refractivity contribution in [1.82, 2.24) is 4.57 Å². The second-order valence-corrected chi connectivity index (χ2v) is 4.65. The Morgan fingerprint density at radius 2 is 2.00 bits per heavy atom. The van der Waals surface area contributed by atoms with E-state index < -0.39 is 5.97 Å². The summed E-state index contributed by atoms with van der Waals surface area (Å²) in [6.45, 7) is 3.85. The van der Waals surface area contributed by atoms with Crippen molar-refractivity contribution in [2.75, 3.05) is 7.11 Å². The number of aromatic nitrogens is 1. The molecular formula is C14H14ClNO3. The van der Waals surface area contributed by atoms with Crippen LogP contribution in [0.3, 0.4) is 0 Å². The number of carboxylic acid groups (broad SMARTS) is 1. The molecule has 1 N–H and O–H groups in total. The van der Waals surface area contributed by atoms with Gasteiger partial charge in [-0.15, -0.1) is 0 Å². The quantitative estimate of drug-likeness (QED) is 0.936. The molecule has 0 aliphatic carbocycles. The van der Waals surface area contributed by atoms with Crippen LogP contribution in [0.25, 0.3) is 5.69 Å². The number of nitrogens with zero attached hydrogens (tertiary/aromatic N) is 1. The Labute approximate surface area is 116 Å². The van der Waals surface area contributed by atoms with Gasteiger partial charge in [-0.2, -0.15) is 0 Å². The third-order valence-corrected chi connectivity index (χ3v) is 3.43. The molecule has 0 saturated heterocycles. The van der Waals surface area contributed by atoms with Gasteiger partial charge in [0.2, 0.25) is 0 Å². The first-order valence-electron chi connectivity index (χ1n) is 5.72. The normalized spacial score (nSPS) is 10.5. The van der Waals surface area contributed by atoms with E-state index in [2.05, 4.69) is 0 Å². The standard InChI is InChI=1S/C14H14ClNO3/c1-8-6-12(15)9(2)16(8)10-4-5-11(14(17)18)13(7-10)19-3/h4-7H,1-3H3,(H,17,18). The van der Waals surface area contributed by atoms with E-state index in [4.69, 9.17) is 21.4 Å². The van der Waals surface area contributed by atoms with Crippen LogP contribution >= 0.6 is 11.6 Å². The third-order valence-electron chi connectivity index (χ3n) is 3.04. The van der Waals surface area contributed by atoms with Crippen LogP contribution in [0.1, 0.15) is 21.7 Å². The highest BCUT2D eigenvalue weighted by atomic mass is 35.5. The Bertz CT molecular complexity index is 646. The molecule has 2 aromatic rings. The van der Waals surface area contributed by atoms with Gasteiger partial charge in [-0.25, -0.2) is 4.79 Å². The van der Waals surface area contributed by atoms with Crippen LogP contribution in [0.2, 0.25) is 5.02 Å². The lowest BCUT2D eigenvalue weighted by Gasteiger charge is -2.12. The number of aromatic carboxylic acids is 1. The lowest BCUT2D eigenvalue weighted by Crippen LogP contribution is -2.04. The van der Waals surface area contributed by atoms with Crippen molar-refractivity contribution in [3.63, 3.8) is 0 Å². The Hall–Kier alpha value is -1.94. The second-order valence-electron chi connectivity index (χ2n) is 4.24. The molecule has 19 heavy (non-hydrogen) atoms. The van der Waals surface area contributed by atoms with Gasteiger partial charge in [0.1, 0.15) is 11.3 Å². The SMILES string of the molecule is COc1cc(-n2c(C)cc(Cl)c2C)ccc1C(=O)O. The predicted molar refractivity (Wildman–Crippen MR) is 73.8 cm³/mol. The van der Waals surface area contributed by atoms with Crippen molar-refractivity contribution in [3.8, 4) is 11.4 Å². The third kappa shape index (κ3) is 2.31. The summed E-state index contributed by atoms with van der Waals surface area (Å²) in [7, 11) is 1.45. The number of carboxylic acids is 1. The van der Waals surface area contributed by atoms with E-state index in [9.17, 15) is 4.79 Å². The van der Waals surface area contributed by atoms with Gasteiger partial charge >= 0.3 is 5.97 Å². The van der Waals surface area contributed by atoms with Gasteiger partial charge < -0.3 is 14.4 Å². The van der Waals surface area contributed by atoms with Gasteiger partial charge in [-0.05, 0) is 32.0 Å². The van der Waals surface area contributed by atoms with Crippen molar-refractivity contribution >= 4 is 17.6 Å². The number of methoxy groups -OCH3 is 1. The lowest BCUT2D eigenvalue weighted by molar-refractivity contribution is 0.0693. The molecule has 0 unspecified atom stereocenters. The molecule has 1 heterocycles. The number of benzene rings is 1. The number of carbonyl (C=O) groups is 1. The van der Waals surface area contributed by atoms with Crippen LogP contribution in [0, 0.1) is 13.8 Å². The maximum absolute atomic E-state index is 11.1.